The first kappa shape index (κ1) is 15.3. The fraction of sp³-hybridized carbons (Fsp3) is 0.267. The van der Waals surface area contributed by atoms with Gasteiger partial charge in [-0.15, -0.1) is 0 Å². The Labute approximate surface area is 127 Å². The quantitative estimate of drug-likeness (QED) is 0.922. The Hall–Kier alpha value is -2.14. The van der Waals surface area contributed by atoms with Crippen molar-refractivity contribution in [2.75, 3.05) is 0 Å². The highest BCUT2D eigenvalue weighted by atomic mass is 35.5. The van der Waals surface area contributed by atoms with Gasteiger partial charge in [0.1, 0.15) is 11.6 Å². The Morgan fingerprint density at radius 2 is 2.10 bits per heavy atom. The molecule has 0 saturated carbocycles. The summed E-state index contributed by atoms with van der Waals surface area (Å²) in [5, 5.41) is 9.88. The van der Waals surface area contributed by atoms with Crippen LogP contribution in [0.1, 0.15) is 41.6 Å². The van der Waals surface area contributed by atoms with E-state index in [0.717, 1.165) is 5.56 Å². The highest BCUT2D eigenvalue weighted by molar-refractivity contribution is 6.31. The minimum absolute atomic E-state index is 0.0370. The zero-order valence-corrected chi connectivity index (χ0v) is 12.7. The van der Waals surface area contributed by atoms with Gasteiger partial charge < -0.3 is 9.84 Å². The van der Waals surface area contributed by atoms with Crippen molar-refractivity contribution >= 4 is 17.6 Å². The lowest BCUT2D eigenvalue weighted by atomic mass is 10.2. The van der Waals surface area contributed by atoms with Crippen LogP contribution in [-0.2, 0) is 0 Å². The average molecular weight is 307 g/mol. The van der Waals surface area contributed by atoms with Gasteiger partial charge in [-0.3, -0.25) is 0 Å². The van der Waals surface area contributed by atoms with Gasteiger partial charge in [0.15, 0.2) is 11.4 Å². The summed E-state index contributed by atoms with van der Waals surface area (Å²) in [4.78, 5) is 19.5. The first-order valence-electron chi connectivity index (χ1n) is 6.42. The molecule has 0 aliphatic rings. The van der Waals surface area contributed by atoms with Gasteiger partial charge in [-0.2, -0.15) is 0 Å². The molecule has 1 heterocycles. The maximum absolute atomic E-state index is 11.3. The van der Waals surface area contributed by atoms with Gasteiger partial charge in [0.2, 0.25) is 0 Å². The molecular formula is C15H15ClN2O3. The molecule has 0 amide bonds. The summed E-state index contributed by atoms with van der Waals surface area (Å²) in [6.45, 7) is 5.62. The van der Waals surface area contributed by atoms with Crippen LogP contribution in [0.2, 0.25) is 5.02 Å². The summed E-state index contributed by atoms with van der Waals surface area (Å²) in [5.74, 6) is -0.0594. The first-order chi connectivity index (χ1) is 9.88. The summed E-state index contributed by atoms with van der Waals surface area (Å²) >= 11 is 5.95. The van der Waals surface area contributed by atoms with E-state index in [1.807, 2.05) is 20.8 Å². The number of carboxylic acids is 1. The molecule has 0 aliphatic heterocycles. The number of aryl methyl sites for hydroxylation is 1. The van der Waals surface area contributed by atoms with Crippen molar-refractivity contribution in [2.24, 2.45) is 0 Å². The van der Waals surface area contributed by atoms with Crippen molar-refractivity contribution in [3.63, 3.8) is 0 Å². The number of rotatable bonds is 4. The number of aromatic carboxylic acids is 1. The normalized spacial score (nSPS) is 10.7. The summed E-state index contributed by atoms with van der Waals surface area (Å²) in [6, 6.07) is 5.08. The molecule has 1 N–H and O–H groups in total. The number of halogens is 1. The molecule has 0 saturated heterocycles. The standard InChI is InChI=1S/C15H15ClN2O3/c1-8(2)14-17-7-12(13(18-14)15(19)20)21-10-4-5-11(16)9(3)6-10/h4-8H,1-3H3,(H,19,20). The van der Waals surface area contributed by atoms with Crippen LogP contribution in [0.15, 0.2) is 24.4 Å². The van der Waals surface area contributed by atoms with Gasteiger partial charge in [0.05, 0.1) is 6.20 Å². The molecule has 0 fully saturated rings. The van der Waals surface area contributed by atoms with Gasteiger partial charge in [-0.25, -0.2) is 14.8 Å². The highest BCUT2D eigenvalue weighted by Gasteiger charge is 2.17. The molecule has 5 nitrogen and oxygen atoms in total. The minimum atomic E-state index is -1.15. The SMILES string of the molecule is Cc1cc(Oc2cnc(C(C)C)nc2C(=O)O)ccc1Cl. The van der Waals surface area contributed by atoms with E-state index in [2.05, 4.69) is 9.97 Å². The number of benzene rings is 1. The number of hydrogen-bond acceptors (Lipinski definition) is 4. The summed E-state index contributed by atoms with van der Waals surface area (Å²) in [5.41, 5.74) is 0.687. The molecule has 0 bridgehead atoms. The monoisotopic (exact) mass is 306 g/mol. The first-order valence-corrected chi connectivity index (χ1v) is 6.80. The van der Waals surface area contributed by atoms with Crippen LogP contribution in [-0.4, -0.2) is 21.0 Å². The number of ether oxygens (including phenoxy) is 1. The summed E-state index contributed by atoms with van der Waals surface area (Å²) in [6.07, 6.45) is 1.38. The molecule has 6 heteroatoms. The largest absolute Gasteiger partial charge is 0.476 e. The van der Waals surface area contributed by atoms with E-state index in [4.69, 9.17) is 16.3 Å². The second-order valence-electron chi connectivity index (χ2n) is 4.91. The van der Waals surface area contributed by atoms with Crippen molar-refractivity contribution in [3.8, 4) is 11.5 Å². The van der Waals surface area contributed by atoms with Crippen LogP contribution < -0.4 is 4.74 Å². The van der Waals surface area contributed by atoms with Crippen LogP contribution in [0.3, 0.4) is 0 Å². The van der Waals surface area contributed by atoms with Crippen molar-refractivity contribution in [2.45, 2.75) is 26.7 Å². The van der Waals surface area contributed by atoms with E-state index in [1.165, 1.54) is 6.20 Å². The van der Waals surface area contributed by atoms with E-state index < -0.39 is 5.97 Å². The van der Waals surface area contributed by atoms with E-state index in [1.54, 1.807) is 18.2 Å². The van der Waals surface area contributed by atoms with Gasteiger partial charge in [0.25, 0.3) is 0 Å². The molecule has 1 aromatic carbocycles. The molecule has 1 aromatic heterocycles. The maximum Gasteiger partial charge on any atom is 0.358 e. The second kappa shape index (κ2) is 6.10. The van der Waals surface area contributed by atoms with Crippen molar-refractivity contribution < 1.29 is 14.6 Å². The Balaban J connectivity index is 2.39. The minimum Gasteiger partial charge on any atom is -0.476 e. The predicted molar refractivity (Wildman–Crippen MR) is 79.3 cm³/mol. The van der Waals surface area contributed by atoms with E-state index in [9.17, 15) is 9.90 Å². The predicted octanol–water partition coefficient (Wildman–Crippen LogP) is 4.05. The van der Waals surface area contributed by atoms with Gasteiger partial charge in [-0.1, -0.05) is 25.4 Å². The smallest absolute Gasteiger partial charge is 0.358 e. The number of carboxylic acid groups (broad SMARTS) is 1. The lowest BCUT2D eigenvalue weighted by Crippen LogP contribution is -2.08. The van der Waals surface area contributed by atoms with E-state index >= 15 is 0 Å². The van der Waals surface area contributed by atoms with Crippen molar-refractivity contribution in [1.29, 1.82) is 0 Å². The van der Waals surface area contributed by atoms with Gasteiger partial charge >= 0.3 is 5.97 Å². The summed E-state index contributed by atoms with van der Waals surface area (Å²) < 4.78 is 5.58. The zero-order valence-electron chi connectivity index (χ0n) is 11.9. The molecule has 0 unspecified atom stereocenters. The lowest BCUT2D eigenvalue weighted by molar-refractivity contribution is 0.0686. The second-order valence-corrected chi connectivity index (χ2v) is 5.32. The molecule has 110 valence electrons. The Kier molecular flexibility index (Phi) is 4.43. The Morgan fingerprint density at radius 1 is 1.38 bits per heavy atom. The molecule has 21 heavy (non-hydrogen) atoms. The molecule has 0 aliphatic carbocycles. The van der Waals surface area contributed by atoms with Crippen LogP contribution in [0.4, 0.5) is 0 Å². The molecular weight excluding hydrogens is 292 g/mol. The molecule has 2 aromatic rings. The van der Waals surface area contributed by atoms with Crippen LogP contribution in [0.5, 0.6) is 11.5 Å². The number of carbonyl (C=O) groups is 1. The number of nitrogens with zero attached hydrogens (tertiary/aromatic N) is 2. The molecule has 0 radical (unpaired) electrons. The lowest BCUT2D eigenvalue weighted by Gasteiger charge is -2.11. The Bertz CT molecular complexity index is 687. The fourth-order valence-corrected chi connectivity index (χ4v) is 1.82. The third-order valence-electron chi connectivity index (χ3n) is 2.85. The molecule has 0 atom stereocenters. The topological polar surface area (TPSA) is 72.3 Å². The zero-order chi connectivity index (χ0) is 15.6. The van der Waals surface area contributed by atoms with Crippen LogP contribution >= 0.6 is 11.6 Å². The number of aromatic nitrogens is 2. The van der Waals surface area contributed by atoms with Crippen LogP contribution in [0.25, 0.3) is 0 Å². The maximum atomic E-state index is 11.3. The van der Waals surface area contributed by atoms with Crippen molar-refractivity contribution in [1.82, 2.24) is 9.97 Å². The summed E-state index contributed by atoms with van der Waals surface area (Å²) in [7, 11) is 0. The third kappa shape index (κ3) is 3.49. The highest BCUT2D eigenvalue weighted by Crippen LogP contribution is 2.28. The van der Waals surface area contributed by atoms with Crippen molar-refractivity contribution in [3.05, 3.63) is 46.5 Å². The molecule has 0 spiro atoms. The fourth-order valence-electron chi connectivity index (χ4n) is 1.70. The number of hydrogen-bond donors (Lipinski definition) is 1. The van der Waals surface area contributed by atoms with Gasteiger partial charge in [0, 0.05) is 10.9 Å². The van der Waals surface area contributed by atoms with E-state index in [-0.39, 0.29) is 17.4 Å². The Morgan fingerprint density at radius 3 is 2.67 bits per heavy atom. The van der Waals surface area contributed by atoms with E-state index in [0.29, 0.717) is 16.6 Å². The average Bonchev–Trinajstić information content (AvgIpc) is 2.43. The third-order valence-corrected chi connectivity index (χ3v) is 3.27. The van der Waals surface area contributed by atoms with Crippen LogP contribution in [0, 0.1) is 6.92 Å². The molecule has 2 rings (SSSR count). The van der Waals surface area contributed by atoms with Gasteiger partial charge in [-0.05, 0) is 30.7 Å².